The van der Waals surface area contributed by atoms with Crippen molar-refractivity contribution in [2.75, 3.05) is 34.5 Å². The lowest BCUT2D eigenvalue weighted by Gasteiger charge is -2.43. The molecule has 2 aromatic rings. The molecule has 1 atom stereocenters. The van der Waals surface area contributed by atoms with Gasteiger partial charge in [-0.3, -0.25) is 4.79 Å². The zero-order valence-corrected chi connectivity index (χ0v) is 14.7. The summed E-state index contributed by atoms with van der Waals surface area (Å²) in [6.45, 7) is 1.13. The molecule has 6 nitrogen and oxygen atoms in total. The third kappa shape index (κ3) is 2.57. The summed E-state index contributed by atoms with van der Waals surface area (Å²) in [4.78, 5) is 12.7. The Morgan fingerprint density at radius 1 is 1.36 bits per heavy atom. The Labute approximate surface area is 146 Å². The SMILES string of the molecule is COc1c2c(cc3c1[C@H](CC(=O)c1ccco1)[N+](C)(C)CC3)OCO2. The van der Waals surface area contributed by atoms with Gasteiger partial charge in [0.25, 0.3) is 0 Å². The first-order chi connectivity index (χ1) is 12.0. The minimum Gasteiger partial charge on any atom is -0.492 e. The topological polar surface area (TPSA) is 57.9 Å². The van der Waals surface area contributed by atoms with Crippen LogP contribution >= 0.6 is 0 Å². The van der Waals surface area contributed by atoms with Crippen molar-refractivity contribution in [3.8, 4) is 17.2 Å². The molecular weight excluding hydrogens is 322 g/mol. The van der Waals surface area contributed by atoms with E-state index in [4.69, 9.17) is 18.6 Å². The second-order valence-corrected chi connectivity index (χ2v) is 7.09. The quantitative estimate of drug-likeness (QED) is 0.630. The van der Waals surface area contributed by atoms with Crippen LogP contribution in [0.2, 0.25) is 0 Å². The fourth-order valence-corrected chi connectivity index (χ4v) is 3.83. The molecule has 6 heteroatoms. The number of likely N-dealkylation sites (N-methyl/N-ethyl adjacent to an activating group) is 1. The Morgan fingerprint density at radius 2 is 2.20 bits per heavy atom. The van der Waals surface area contributed by atoms with Gasteiger partial charge in [-0.05, 0) is 23.8 Å². The van der Waals surface area contributed by atoms with E-state index in [1.54, 1.807) is 19.2 Å². The third-order valence-corrected chi connectivity index (χ3v) is 5.26. The van der Waals surface area contributed by atoms with Crippen molar-refractivity contribution < 1.29 is 27.9 Å². The van der Waals surface area contributed by atoms with Crippen LogP contribution in [-0.4, -0.2) is 44.8 Å². The van der Waals surface area contributed by atoms with Crippen molar-refractivity contribution in [1.82, 2.24) is 0 Å². The number of Topliss-reactive ketones (excluding diaryl/α,β-unsaturated/α-hetero) is 1. The van der Waals surface area contributed by atoms with Crippen LogP contribution < -0.4 is 14.2 Å². The zero-order chi connectivity index (χ0) is 17.6. The standard InChI is InChI=1S/C19H22NO5/c1-20(2)7-6-12-9-16-18(25-11-24-16)19(22-3)17(12)13(20)10-14(21)15-5-4-8-23-15/h4-5,8-9,13H,6-7,10-11H2,1-3H3/q+1/t13-/m0/s1. The number of nitrogens with zero attached hydrogens (tertiary/aromatic N) is 1. The normalized spacial score (nSPS) is 20.2. The van der Waals surface area contributed by atoms with Gasteiger partial charge < -0.3 is 23.1 Å². The molecule has 1 aromatic carbocycles. The number of benzene rings is 1. The van der Waals surface area contributed by atoms with E-state index in [0.717, 1.165) is 29.8 Å². The summed E-state index contributed by atoms with van der Waals surface area (Å²) in [5.41, 5.74) is 2.21. The van der Waals surface area contributed by atoms with Crippen LogP contribution in [0.3, 0.4) is 0 Å². The molecule has 25 heavy (non-hydrogen) atoms. The highest BCUT2D eigenvalue weighted by atomic mass is 16.7. The average molecular weight is 344 g/mol. The first-order valence-corrected chi connectivity index (χ1v) is 8.40. The molecule has 132 valence electrons. The van der Waals surface area contributed by atoms with Gasteiger partial charge in [-0.2, -0.15) is 0 Å². The maximum Gasteiger partial charge on any atom is 0.231 e. The summed E-state index contributed by atoms with van der Waals surface area (Å²) < 4.78 is 22.9. The molecule has 0 N–H and O–H groups in total. The van der Waals surface area contributed by atoms with E-state index in [1.165, 1.54) is 6.26 Å². The Bertz CT molecular complexity index is 810. The summed E-state index contributed by atoms with van der Waals surface area (Å²) >= 11 is 0. The van der Waals surface area contributed by atoms with Crippen molar-refractivity contribution in [1.29, 1.82) is 0 Å². The number of hydrogen-bond donors (Lipinski definition) is 0. The molecule has 3 heterocycles. The lowest BCUT2D eigenvalue weighted by atomic mass is 9.86. The number of methoxy groups -OCH3 is 1. The largest absolute Gasteiger partial charge is 0.492 e. The molecule has 0 radical (unpaired) electrons. The van der Waals surface area contributed by atoms with Gasteiger partial charge in [-0.15, -0.1) is 0 Å². The Balaban J connectivity index is 1.80. The van der Waals surface area contributed by atoms with Crippen LogP contribution in [0.5, 0.6) is 17.2 Å². The fourth-order valence-electron chi connectivity index (χ4n) is 3.83. The molecule has 2 aliphatic heterocycles. The highest BCUT2D eigenvalue weighted by Crippen LogP contribution is 2.51. The van der Waals surface area contributed by atoms with Gasteiger partial charge in [0.1, 0.15) is 6.04 Å². The van der Waals surface area contributed by atoms with Crippen molar-refractivity contribution in [3.05, 3.63) is 41.3 Å². The molecule has 0 unspecified atom stereocenters. The first-order valence-electron chi connectivity index (χ1n) is 8.40. The Hall–Kier alpha value is -2.47. The van der Waals surface area contributed by atoms with E-state index >= 15 is 0 Å². The fraction of sp³-hybridized carbons (Fsp3) is 0.421. The minimum atomic E-state index is -0.0363. The monoisotopic (exact) mass is 344 g/mol. The van der Waals surface area contributed by atoms with Crippen molar-refractivity contribution >= 4 is 5.78 Å². The van der Waals surface area contributed by atoms with E-state index in [1.807, 2.05) is 6.07 Å². The van der Waals surface area contributed by atoms with Gasteiger partial charge in [0, 0.05) is 6.42 Å². The number of ether oxygens (including phenoxy) is 3. The maximum atomic E-state index is 12.7. The van der Waals surface area contributed by atoms with Crippen molar-refractivity contribution in [2.24, 2.45) is 0 Å². The van der Waals surface area contributed by atoms with Crippen LogP contribution in [0.4, 0.5) is 0 Å². The van der Waals surface area contributed by atoms with Crippen LogP contribution in [0.25, 0.3) is 0 Å². The summed E-state index contributed by atoms with van der Waals surface area (Å²) in [6, 6.07) is 5.44. The molecule has 1 aromatic heterocycles. The van der Waals surface area contributed by atoms with Crippen LogP contribution in [0.15, 0.2) is 28.9 Å². The number of fused-ring (bicyclic) bond motifs is 2. The number of furan rings is 1. The summed E-state index contributed by atoms with van der Waals surface area (Å²) in [5.74, 6) is 2.44. The first kappa shape index (κ1) is 16.0. The zero-order valence-electron chi connectivity index (χ0n) is 14.7. The predicted octanol–water partition coefficient (Wildman–Crippen LogP) is 2.96. The number of ketones is 1. The van der Waals surface area contributed by atoms with Gasteiger partial charge in [-0.25, -0.2) is 0 Å². The summed E-state index contributed by atoms with van der Waals surface area (Å²) in [6.07, 6.45) is 2.78. The van der Waals surface area contributed by atoms with Crippen LogP contribution in [0, 0.1) is 0 Å². The Morgan fingerprint density at radius 3 is 2.92 bits per heavy atom. The van der Waals surface area contributed by atoms with Gasteiger partial charge in [0.05, 0.1) is 46.0 Å². The molecule has 4 rings (SSSR count). The molecule has 0 bridgehead atoms. The second kappa shape index (κ2) is 5.81. The summed E-state index contributed by atoms with van der Waals surface area (Å²) in [7, 11) is 5.93. The second-order valence-electron chi connectivity index (χ2n) is 7.09. The summed E-state index contributed by atoms with van der Waals surface area (Å²) in [5, 5.41) is 0. The smallest absolute Gasteiger partial charge is 0.231 e. The molecule has 0 amide bonds. The lowest BCUT2D eigenvalue weighted by molar-refractivity contribution is -0.922. The van der Waals surface area contributed by atoms with E-state index in [0.29, 0.717) is 28.2 Å². The predicted molar refractivity (Wildman–Crippen MR) is 90.2 cm³/mol. The van der Waals surface area contributed by atoms with Crippen molar-refractivity contribution in [2.45, 2.75) is 18.9 Å². The highest BCUT2D eigenvalue weighted by molar-refractivity contribution is 5.94. The third-order valence-electron chi connectivity index (χ3n) is 5.26. The van der Waals surface area contributed by atoms with E-state index in [9.17, 15) is 4.79 Å². The van der Waals surface area contributed by atoms with E-state index in [2.05, 4.69) is 14.1 Å². The molecular formula is C19H22NO5+. The maximum absolute atomic E-state index is 12.7. The van der Waals surface area contributed by atoms with Crippen LogP contribution in [0.1, 0.15) is 34.1 Å². The molecule has 0 fully saturated rings. The van der Waals surface area contributed by atoms with Crippen molar-refractivity contribution in [3.63, 3.8) is 0 Å². The molecule has 0 aliphatic carbocycles. The molecule has 0 saturated heterocycles. The molecule has 2 aliphatic rings. The number of carbonyl (C=O) groups excluding carboxylic acids is 1. The average Bonchev–Trinajstić information content (AvgIpc) is 3.26. The van der Waals surface area contributed by atoms with E-state index < -0.39 is 0 Å². The van der Waals surface area contributed by atoms with Crippen LogP contribution in [-0.2, 0) is 6.42 Å². The molecule has 0 spiro atoms. The number of quaternary nitrogens is 1. The minimum absolute atomic E-state index is 0.00577. The highest BCUT2D eigenvalue weighted by Gasteiger charge is 2.42. The Kier molecular flexibility index (Phi) is 3.72. The number of carbonyl (C=O) groups is 1. The number of hydrogen-bond acceptors (Lipinski definition) is 5. The van der Waals surface area contributed by atoms with Gasteiger partial charge in [0.2, 0.25) is 18.3 Å². The van der Waals surface area contributed by atoms with E-state index in [-0.39, 0.29) is 18.6 Å². The van der Waals surface area contributed by atoms with Gasteiger partial charge in [0.15, 0.2) is 17.3 Å². The molecule has 0 saturated carbocycles. The van der Waals surface area contributed by atoms with Gasteiger partial charge >= 0.3 is 0 Å². The number of rotatable bonds is 4. The van der Waals surface area contributed by atoms with Gasteiger partial charge in [-0.1, -0.05) is 0 Å². The lowest BCUT2D eigenvalue weighted by Crippen LogP contribution is -2.48.